The number of aromatic nitrogens is 1. The number of hydrogen-bond donors (Lipinski definition) is 1. The lowest BCUT2D eigenvalue weighted by Gasteiger charge is -2.21. The molecule has 1 aromatic rings. The molecule has 2 rings (SSSR count). The van der Waals surface area contributed by atoms with Crippen LogP contribution in [0, 0.1) is 0 Å². The summed E-state index contributed by atoms with van der Waals surface area (Å²) in [5.74, 6) is 0.377. The number of nitrogens with one attached hydrogen (secondary N) is 1. The smallest absolute Gasteiger partial charge is 0.248 e. The Morgan fingerprint density at radius 3 is 3.08 bits per heavy atom. The zero-order valence-corrected chi connectivity index (χ0v) is 7.45. The lowest BCUT2D eigenvalue weighted by atomic mass is 9.98. The normalized spacial score (nSPS) is 22.9. The molecule has 13 heavy (non-hydrogen) atoms. The molecule has 0 spiro atoms. The molecule has 0 saturated carbocycles. The lowest BCUT2D eigenvalue weighted by molar-refractivity contribution is 0.0792. The first-order valence-electron chi connectivity index (χ1n) is 4.63. The molecular weight excluding hydrogens is 166 g/mol. The van der Waals surface area contributed by atoms with E-state index in [2.05, 4.69) is 4.98 Å². The number of H-pyrrole nitrogens is 1. The van der Waals surface area contributed by atoms with Crippen LogP contribution in [0.5, 0.6) is 0 Å². The molecule has 0 aromatic carbocycles. The quantitative estimate of drug-likeness (QED) is 0.705. The van der Waals surface area contributed by atoms with Crippen LogP contribution in [0.3, 0.4) is 0 Å². The molecule has 1 fully saturated rings. The van der Waals surface area contributed by atoms with E-state index < -0.39 is 0 Å². The average Bonchev–Trinajstić information content (AvgIpc) is 2.19. The van der Waals surface area contributed by atoms with Gasteiger partial charge in [0.15, 0.2) is 0 Å². The van der Waals surface area contributed by atoms with Crippen LogP contribution >= 0.6 is 0 Å². The second-order valence-electron chi connectivity index (χ2n) is 3.38. The Balaban J connectivity index is 2.19. The third-order valence-corrected chi connectivity index (χ3v) is 2.39. The van der Waals surface area contributed by atoms with E-state index in [1.165, 1.54) is 6.07 Å². The molecule has 0 radical (unpaired) electrons. The van der Waals surface area contributed by atoms with Crippen LogP contribution in [-0.4, -0.2) is 18.2 Å². The highest BCUT2D eigenvalue weighted by molar-refractivity contribution is 5.10. The SMILES string of the molecule is O=c1cccc(C2CCCOC2)[nH]1. The predicted octanol–water partition coefficient (Wildman–Crippen LogP) is 1.27. The number of hydrogen-bond acceptors (Lipinski definition) is 2. The van der Waals surface area contributed by atoms with Gasteiger partial charge >= 0.3 is 0 Å². The van der Waals surface area contributed by atoms with Gasteiger partial charge in [-0.2, -0.15) is 0 Å². The van der Waals surface area contributed by atoms with Gasteiger partial charge in [0.2, 0.25) is 5.56 Å². The Morgan fingerprint density at radius 2 is 2.38 bits per heavy atom. The highest BCUT2D eigenvalue weighted by Gasteiger charge is 2.16. The van der Waals surface area contributed by atoms with Crippen molar-refractivity contribution in [2.75, 3.05) is 13.2 Å². The molecule has 1 aromatic heterocycles. The van der Waals surface area contributed by atoms with E-state index >= 15 is 0 Å². The first-order chi connectivity index (χ1) is 6.36. The van der Waals surface area contributed by atoms with Crippen LogP contribution < -0.4 is 5.56 Å². The highest BCUT2D eigenvalue weighted by Crippen LogP contribution is 2.22. The van der Waals surface area contributed by atoms with E-state index in [1.54, 1.807) is 6.07 Å². The summed E-state index contributed by atoms with van der Waals surface area (Å²) in [6.07, 6.45) is 2.20. The van der Waals surface area contributed by atoms with Gasteiger partial charge in [-0.1, -0.05) is 6.07 Å². The minimum Gasteiger partial charge on any atom is -0.381 e. The maximum atomic E-state index is 11.0. The molecule has 0 aliphatic carbocycles. The first-order valence-corrected chi connectivity index (χ1v) is 4.63. The first kappa shape index (κ1) is 8.51. The van der Waals surface area contributed by atoms with Crippen molar-refractivity contribution in [3.05, 3.63) is 34.2 Å². The van der Waals surface area contributed by atoms with Crippen molar-refractivity contribution in [3.8, 4) is 0 Å². The number of ether oxygens (including phenoxy) is 1. The summed E-state index contributed by atoms with van der Waals surface area (Å²) in [6.45, 7) is 1.59. The Hall–Kier alpha value is -1.09. The minimum atomic E-state index is -0.0249. The molecule has 1 atom stereocenters. The fraction of sp³-hybridized carbons (Fsp3) is 0.500. The Kier molecular flexibility index (Phi) is 2.45. The van der Waals surface area contributed by atoms with Crippen molar-refractivity contribution in [3.63, 3.8) is 0 Å². The van der Waals surface area contributed by atoms with E-state index in [1.807, 2.05) is 6.07 Å². The molecule has 0 amide bonds. The number of rotatable bonds is 1. The second-order valence-corrected chi connectivity index (χ2v) is 3.38. The van der Waals surface area contributed by atoms with Crippen LogP contribution in [0.4, 0.5) is 0 Å². The third-order valence-electron chi connectivity index (χ3n) is 2.39. The van der Waals surface area contributed by atoms with Gasteiger partial charge in [-0.3, -0.25) is 4.79 Å². The maximum absolute atomic E-state index is 11.0. The van der Waals surface area contributed by atoms with Crippen molar-refractivity contribution >= 4 is 0 Å². The molecule has 1 N–H and O–H groups in total. The van der Waals surface area contributed by atoms with Gasteiger partial charge in [0, 0.05) is 24.3 Å². The van der Waals surface area contributed by atoms with Crippen LogP contribution in [0.1, 0.15) is 24.5 Å². The molecule has 1 unspecified atom stereocenters. The summed E-state index contributed by atoms with van der Waals surface area (Å²) < 4.78 is 5.35. The van der Waals surface area contributed by atoms with Crippen LogP contribution in [0.2, 0.25) is 0 Å². The van der Waals surface area contributed by atoms with Gasteiger partial charge in [0.05, 0.1) is 6.61 Å². The van der Waals surface area contributed by atoms with Crippen LogP contribution in [0.25, 0.3) is 0 Å². The van der Waals surface area contributed by atoms with Crippen molar-refractivity contribution in [1.29, 1.82) is 0 Å². The molecule has 70 valence electrons. The summed E-state index contributed by atoms with van der Waals surface area (Å²) in [7, 11) is 0. The maximum Gasteiger partial charge on any atom is 0.248 e. The molecule has 3 heteroatoms. The molecular formula is C10H13NO2. The minimum absolute atomic E-state index is 0.0249. The van der Waals surface area contributed by atoms with Gasteiger partial charge in [-0.05, 0) is 18.9 Å². The Bertz CT molecular complexity index is 326. The zero-order valence-electron chi connectivity index (χ0n) is 7.45. The van der Waals surface area contributed by atoms with E-state index in [9.17, 15) is 4.79 Å². The average molecular weight is 179 g/mol. The van der Waals surface area contributed by atoms with E-state index in [0.717, 1.165) is 31.7 Å². The van der Waals surface area contributed by atoms with Gasteiger partial charge in [0.1, 0.15) is 0 Å². The Labute approximate surface area is 76.7 Å². The fourth-order valence-corrected chi connectivity index (χ4v) is 1.69. The van der Waals surface area contributed by atoms with Gasteiger partial charge in [-0.25, -0.2) is 0 Å². The van der Waals surface area contributed by atoms with Gasteiger partial charge in [-0.15, -0.1) is 0 Å². The summed E-state index contributed by atoms with van der Waals surface area (Å²) in [4.78, 5) is 13.9. The molecule has 1 aliphatic heterocycles. The summed E-state index contributed by atoms with van der Waals surface area (Å²) in [5, 5.41) is 0. The molecule has 3 nitrogen and oxygen atoms in total. The largest absolute Gasteiger partial charge is 0.381 e. The number of aromatic amines is 1. The zero-order chi connectivity index (χ0) is 9.10. The Morgan fingerprint density at radius 1 is 1.46 bits per heavy atom. The standard InChI is InChI=1S/C10H13NO2/c12-10-5-1-4-9(11-10)8-3-2-6-13-7-8/h1,4-5,8H,2-3,6-7H2,(H,11,12). The topological polar surface area (TPSA) is 42.1 Å². The second kappa shape index (κ2) is 3.75. The van der Waals surface area contributed by atoms with E-state index in [4.69, 9.17) is 4.74 Å². The van der Waals surface area contributed by atoms with Crippen molar-refractivity contribution < 1.29 is 4.74 Å². The van der Waals surface area contributed by atoms with Crippen molar-refractivity contribution in [1.82, 2.24) is 4.98 Å². The summed E-state index contributed by atoms with van der Waals surface area (Å²) in [6, 6.07) is 5.29. The van der Waals surface area contributed by atoms with Crippen LogP contribution in [0.15, 0.2) is 23.0 Å². The van der Waals surface area contributed by atoms with Gasteiger partial charge in [0.25, 0.3) is 0 Å². The number of pyridine rings is 1. The van der Waals surface area contributed by atoms with E-state index in [0.29, 0.717) is 5.92 Å². The van der Waals surface area contributed by atoms with Crippen LogP contribution in [-0.2, 0) is 4.74 Å². The van der Waals surface area contributed by atoms with Crippen molar-refractivity contribution in [2.45, 2.75) is 18.8 Å². The summed E-state index contributed by atoms with van der Waals surface area (Å²) in [5.41, 5.74) is 0.982. The van der Waals surface area contributed by atoms with Crippen molar-refractivity contribution in [2.24, 2.45) is 0 Å². The molecule has 1 saturated heterocycles. The van der Waals surface area contributed by atoms with Gasteiger partial charge < -0.3 is 9.72 Å². The fourth-order valence-electron chi connectivity index (χ4n) is 1.69. The molecule has 1 aliphatic rings. The monoisotopic (exact) mass is 179 g/mol. The highest BCUT2D eigenvalue weighted by atomic mass is 16.5. The predicted molar refractivity (Wildman–Crippen MR) is 49.9 cm³/mol. The van der Waals surface area contributed by atoms with E-state index in [-0.39, 0.29) is 5.56 Å². The molecule has 2 heterocycles. The molecule has 0 bridgehead atoms. The summed E-state index contributed by atoms with van der Waals surface area (Å²) >= 11 is 0. The lowest BCUT2D eigenvalue weighted by Crippen LogP contribution is -2.19. The third kappa shape index (κ3) is 1.98.